The summed E-state index contributed by atoms with van der Waals surface area (Å²) >= 11 is 0. The number of rotatable bonds is 8. The molecular weight excluding hydrogens is 280 g/mol. The molecule has 4 unspecified atom stereocenters. The highest BCUT2D eigenvalue weighted by Crippen LogP contribution is 2.33. The van der Waals surface area contributed by atoms with Gasteiger partial charge in [-0.05, 0) is 19.3 Å². The number of carbonyl (C=O) groups excluding carboxylic acids is 2. The van der Waals surface area contributed by atoms with Crippen molar-refractivity contribution in [3.05, 3.63) is 0 Å². The van der Waals surface area contributed by atoms with Crippen LogP contribution in [-0.2, 0) is 23.9 Å². The highest BCUT2D eigenvalue weighted by atomic mass is 16.6. The summed E-state index contributed by atoms with van der Waals surface area (Å²) in [6.45, 7) is 3.20. The van der Waals surface area contributed by atoms with E-state index in [0.29, 0.717) is 12.8 Å². The van der Waals surface area contributed by atoms with Gasteiger partial charge in [0.05, 0.1) is 23.7 Å². The largest absolute Gasteiger partial charge is 0.481 e. The molecule has 0 aromatic rings. The summed E-state index contributed by atoms with van der Waals surface area (Å²) in [6, 6.07) is 0. The number of carboxylic acids is 2. The summed E-state index contributed by atoms with van der Waals surface area (Å²) in [5.74, 6) is -6.96. The molecule has 1 rings (SSSR count). The van der Waals surface area contributed by atoms with Gasteiger partial charge in [-0.15, -0.1) is 0 Å². The normalized spacial score (nSPS) is 24.5. The first-order valence-electron chi connectivity index (χ1n) is 7.00. The van der Waals surface area contributed by atoms with E-state index < -0.39 is 47.5 Å². The van der Waals surface area contributed by atoms with Gasteiger partial charge < -0.3 is 14.9 Å². The number of hydrogen-bond acceptors (Lipinski definition) is 5. The second-order valence-electron chi connectivity index (χ2n) is 5.39. The standard InChI is InChI=1S/C14H20O7/c1-3-4-9-10(14(20)21-13(9)19)6-5-8(12(17)18)7(2)11(15)16/h7-10H,3-6H2,1-2H3,(H,15,16)(H,17,18). The summed E-state index contributed by atoms with van der Waals surface area (Å²) in [4.78, 5) is 45.3. The topological polar surface area (TPSA) is 118 Å². The molecule has 2 N–H and O–H groups in total. The monoisotopic (exact) mass is 300 g/mol. The molecule has 0 aromatic heterocycles. The van der Waals surface area contributed by atoms with Gasteiger partial charge in [0.25, 0.3) is 0 Å². The first kappa shape index (κ1) is 17.1. The van der Waals surface area contributed by atoms with Crippen molar-refractivity contribution < 1.29 is 34.1 Å². The molecular formula is C14H20O7. The highest BCUT2D eigenvalue weighted by Gasteiger charge is 2.44. The van der Waals surface area contributed by atoms with Crippen LogP contribution in [-0.4, -0.2) is 34.1 Å². The predicted octanol–water partition coefficient (Wildman–Crippen LogP) is 1.30. The Hall–Kier alpha value is -1.92. The minimum atomic E-state index is -1.21. The Morgan fingerprint density at radius 2 is 1.62 bits per heavy atom. The smallest absolute Gasteiger partial charge is 0.317 e. The van der Waals surface area contributed by atoms with E-state index in [1.807, 2.05) is 6.92 Å². The van der Waals surface area contributed by atoms with E-state index in [1.54, 1.807) is 0 Å². The van der Waals surface area contributed by atoms with Gasteiger partial charge in [0.2, 0.25) is 0 Å². The average Bonchev–Trinajstić information content (AvgIpc) is 2.65. The maximum absolute atomic E-state index is 11.6. The molecule has 7 nitrogen and oxygen atoms in total. The van der Waals surface area contributed by atoms with E-state index in [1.165, 1.54) is 6.92 Å². The molecule has 4 atom stereocenters. The summed E-state index contributed by atoms with van der Waals surface area (Å²) in [5, 5.41) is 18.0. The molecule has 0 radical (unpaired) electrons. The van der Waals surface area contributed by atoms with Gasteiger partial charge in [0.1, 0.15) is 0 Å². The van der Waals surface area contributed by atoms with Gasteiger partial charge in [-0.25, -0.2) is 0 Å². The molecule has 7 heteroatoms. The van der Waals surface area contributed by atoms with Gasteiger partial charge in [0, 0.05) is 0 Å². The molecule has 1 saturated heterocycles. The lowest BCUT2D eigenvalue weighted by Crippen LogP contribution is -2.29. The molecule has 21 heavy (non-hydrogen) atoms. The van der Waals surface area contributed by atoms with Crippen molar-refractivity contribution in [2.45, 2.75) is 39.5 Å². The summed E-state index contributed by atoms with van der Waals surface area (Å²) < 4.78 is 4.60. The van der Waals surface area contributed by atoms with E-state index in [-0.39, 0.29) is 12.8 Å². The minimum absolute atomic E-state index is 0.0239. The van der Waals surface area contributed by atoms with Crippen molar-refractivity contribution >= 4 is 23.9 Å². The molecule has 1 heterocycles. The Morgan fingerprint density at radius 1 is 1.10 bits per heavy atom. The lowest BCUT2D eigenvalue weighted by molar-refractivity contribution is -0.154. The summed E-state index contributed by atoms with van der Waals surface area (Å²) in [7, 11) is 0. The van der Waals surface area contributed by atoms with Crippen LogP contribution in [0.15, 0.2) is 0 Å². The predicted molar refractivity (Wildman–Crippen MR) is 70.1 cm³/mol. The number of esters is 2. The average molecular weight is 300 g/mol. The zero-order valence-corrected chi connectivity index (χ0v) is 12.1. The Kier molecular flexibility index (Phi) is 5.87. The van der Waals surface area contributed by atoms with Crippen LogP contribution >= 0.6 is 0 Å². The van der Waals surface area contributed by atoms with Gasteiger partial charge in [0.15, 0.2) is 0 Å². The Morgan fingerprint density at radius 3 is 2.05 bits per heavy atom. The molecule has 118 valence electrons. The van der Waals surface area contributed by atoms with E-state index >= 15 is 0 Å². The second kappa shape index (κ2) is 7.19. The molecule has 0 aromatic carbocycles. The number of ether oxygens (including phenoxy) is 1. The molecule has 0 bridgehead atoms. The van der Waals surface area contributed by atoms with E-state index in [2.05, 4.69) is 4.74 Å². The summed E-state index contributed by atoms with van der Waals surface area (Å²) in [5.41, 5.74) is 0. The fourth-order valence-electron chi connectivity index (χ4n) is 2.65. The lowest BCUT2D eigenvalue weighted by Gasteiger charge is -2.19. The van der Waals surface area contributed by atoms with Crippen LogP contribution in [0.2, 0.25) is 0 Å². The van der Waals surface area contributed by atoms with Crippen molar-refractivity contribution in [3.63, 3.8) is 0 Å². The summed E-state index contributed by atoms with van der Waals surface area (Å²) in [6.07, 6.45) is 1.37. The SMILES string of the molecule is CCCC1C(=O)OC(=O)C1CCC(C(=O)O)C(C)C(=O)O. The number of cyclic esters (lactones) is 2. The highest BCUT2D eigenvalue weighted by molar-refractivity contribution is 5.96. The van der Waals surface area contributed by atoms with Crippen molar-refractivity contribution in [1.29, 1.82) is 0 Å². The van der Waals surface area contributed by atoms with E-state index in [0.717, 1.165) is 0 Å². The fraction of sp³-hybridized carbons (Fsp3) is 0.714. The zero-order chi connectivity index (χ0) is 16.2. The van der Waals surface area contributed by atoms with Gasteiger partial charge in [-0.3, -0.25) is 19.2 Å². The van der Waals surface area contributed by atoms with Crippen LogP contribution < -0.4 is 0 Å². The fourth-order valence-corrected chi connectivity index (χ4v) is 2.65. The molecule has 0 saturated carbocycles. The Balaban J connectivity index is 2.74. The first-order valence-corrected chi connectivity index (χ1v) is 7.00. The molecule has 1 fully saturated rings. The lowest BCUT2D eigenvalue weighted by atomic mass is 9.82. The first-order chi connectivity index (χ1) is 9.79. The van der Waals surface area contributed by atoms with Gasteiger partial charge in [-0.2, -0.15) is 0 Å². The van der Waals surface area contributed by atoms with Crippen molar-refractivity contribution in [3.8, 4) is 0 Å². The van der Waals surface area contributed by atoms with Crippen molar-refractivity contribution in [1.82, 2.24) is 0 Å². The van der Waals surface area contributed by atoms with Crippen LogP contribution in [0.25, 0.3) is 0 Å². The minimum Gasteiger partial charge on any atom is -0.481 e. The third-order valence-corrected chi connectivity index (χ3v) is 3.99. The number of hydrogen-bond donors (Lipinski definition) is 2. The molecule has 1 aliphatic rings. The van der Waals surface area contributed by atoms with Crippen LogP contribution in [0.5, 0.6) is 0 Å². The second-order valence-corrected chi connectivity index (χ2v) is 5.39. The van der Waals surface area contributed by atoms with Gasteiger partial charge >= 0.3 is 23.9 Å². The van der Waals surface area contributed by atoms with Gasteiger partial charge in [-0.1, -0.05) is 20.3 Å². The quantitative estimate of drug-likeness (QED) is 0.512. The van der Waals surface area contributed by atoms with Crippen molar-refractivity contribution in [2.24, 2.45) is 23.7 Å². The molecule has 0 spiro atoms. The zero-order valence-electron chi connectivity index (χ0n) is 12.1. The third-order valence-electron chi connectivity index (χ3n) is 3.99. The number of carboxylic acid groups (broad SMARTS) is 2. The van der Waals surface area contributed by atoms with E-state index in [9.17, 15) is 19.2 Å². The maximum atomic E-state index is 11.6. The maximum Gasteiger partial charge on any atom is 0.317 e. The molecule has 0 aliphatic carbocycles. The van der Waals surface area contributed by atoms with Crippen LogP contribution in [0.3, 0.4) is 0 Å². The molecule has 0 amide bonds. The number of carbonyl (C=O) groups is 4. The van der Waals surface area contributed by atoms with Crippen LogP contribution in [0.4, 0.5) is 0 Å². The molecule has 1 aliphatic heterocycles. The van der Waals surface area contributed by atoms with Crippen LogP contribution in [0, 0.1) is 23.7 Å². The Bertz CT molecular complexity index is 443. The van der Waals surface area contributed by atoms with E-state index in [4.69, 9.17) is 10.2 Å². The third kappa shape index (κ3) is 4.03. The Labute approximate surface area is 122 Å². The van der Waals surface area contributed by atoms with Crippen LogP contribution in [0.1, 0.15) is 39.5 Å². The number of aliphatic carboxylic acids is 2. The van der Waals surface area contributed by atoms with Crippen molar-refractivity contribution in [2.75, 3.05) is 0 Å².